The predicted octanol–water partition coefficient (Wildman–Crippen LogP) is 3.04. The van der Waals surface area contributed by atoms with Crippen LogP contribution in [0.25, 0.3) is 0 Å². The number of aromatic nitrogens is 2. The first kappa shape index (κ1) is 17.8. The third kappa shape index (κ3) is 4.75. The number of benzene rings is 2. The van der Waals surface area contributed by atoms with Crippen LogP contribution >= 0.6 is 0 Å². The highest BCUT2D eigenvalue weighted by Crippen LogP contribution is 2.19. The average molecular weight is 364 g/mol. The third-order valence-corrected chi connectivity index (χ3v) is 3.42. The van der Waals surface area contributed by atoms with E-state index >= 15 is 0 Å². The molecule has 3 N–H and O–H groups in total. The van der Waals surface area contributed by atoms with Gasteiger partial charge in [-0.2, -0.15) is 5.10 Å². The molecule has 136 valence electrons. The Labute approximate surface area is 154 Å². The molecule has 0 saturated heterocycles. The van der Waals surface area contributed by atoms with Crippen LogP contribution in [0.3, 0.4) is 0 Å². The molecule has 0 saturated carbocycles. The number of nitrogens with one attached hydrogen (secondary N) is 2. The second-order valence-electron chi connectivity index (χ2n) is 5.25. The van der Waals surface area contributed by atoms with Crippen molar-refractivity contribution in [3.63, 3.8) is 0 Å². The molecule has 0 radical (unpaired) electrons. The van der Waals surface area contributed by atoms with Crippen molar-refractivity contribution in [3.05, 3.63) is 76.7 Å². The van der Waals surface area contributed by atoms with Gasteiger partial charge in [-0.05, 0) is 36.4 Å². The number of H-pyrrole nitrogens is 1. The van der Waals surface area contributed by atoms with Gasteiger partial charge in [-0.1, -0.05) is 12.1 Å². The fraction of sp³-hybridized carbons (Fsp3) is 0.0556. The maximum Gasteiger partial charge on any atom is 0.252 e. The summed E-state index contributed by atoms with van der Waals surface area (Å²) < 4.78 is 5.11. The number of aromatic amines is 1. The molecule has 0 amide bonds. The molecule has 2 aromatic carbocycles. The summed E-state index contributed by atoms with van der Waals surface area (Å²) in [6.07, 6.45) is 1.32. The highest BCUT2D eigenvalue weighted by atomic mass is 16.5. The Kier molecular flexibility index (Phi) is 5.53. The Hall–Kier alpha value is -4.01. The first-order valence-corrected chi connectivity index (χ1v) is 7.89. The van der Waals surface area contributed by atoms with Crippen LogP contribution in [0.4, 0.5) is 11.6 Å². The Bertz CT molecular complexity index is 1030. The van der Waals surface area contributed by atoms with Crippen molar-refractivity contribution < 1.29 is 9.84 Å². The van der Waals surface area contributed by atoms with E-state index in [0.29, 0.717) is 17.0 Å². The minimum absolute atomic E-state index is 0.0127. The first-order valence-electron chi connectivity index (χ1n) is 7.89. The van der Waals surface area contributed by atoms with Crippen LogP contribution in [0.1, 0.15) is 5.56 Å². The lowest BCUT2D eigenvalue weighted by molar-refractivity contribution is 0.415. The molecule has 3 aromatic rings. The van der Waals surface area contributed by atoms with Crippen molar-refractivity contribution >= 4 is 17.5 Å². The molecular formula is C18H16N6O3. The summed E-state index contributed by atoms with van der Waals surface area (Å²) in [7, 11) is 1.58. The molecule has 0 atom stereocenters. The third-order valence-electron chi connectivity index (χ3n) is 3.42. The first-order chi connectivity index (χ1) is 13.2. The highest BCUT2D eigenvalue weighted by Gasteiger charge is 2.09. The SMILES string of the molecule is COc1ccc(N/N=C(/N=Nc2nccc(=O)[nH]2)c2ccccc2O)cc1. The van der Waals surface area contributed by atoms with Crippen LogP contribution in [-0.4, -0.2) is 28.0 Å². The van der Waals surface area contributed by atoms with E-state index < -0.39 is 0 Å². The van der Waals surface area contributed by atoms with Crippen molar-refractivity contribution in [2.45, 2.75) is 0 Å². The van der Waals surface area contributed by atoms with Gasteiger partial charge in [0.2, 0.25) is 11.8 Å². The largest absolute Gasteiger partial charge is 0.507 e. The zero-order valence-corrected chi connectivity index (χ0v) is 14.3. The zero-order valence-electron chi connectivity index (χ0n) is 14.3. The van der Waals surface area contributed by atoms with Gasteiger partial charge in [-0.25, -0.2) is 4.98 Å². The summed E-state index contributed by atoms with van der Waals surface area (Å²) in [4.78, 5) is 17.7. The van der Waals surface area contributed by atoms with E-state index in [0.717, 1.165) is 0 Å². The summed E-state index contributed by atoms with van der Waals surface area (Å²) >= 11 is 0. The minimum atomic E-state index is -0.351. The molecule has 27 heavy (non-hydrogen) atoms. The number of amidine groups is 1. The molecular weight excluding hydrogens is 348 g/mol. The van der Waals surface area contributed by atoms with Gasteiger partial charge in [0.25, 0.3) is 5.56 Å². The summed E-state index contributed by atoms with van der Waals surface area (Å²) in [5, 5.41) is 22.2. The Balaban J connectivity index is 1.91. The fourth-order valence-corrected chi connectivity index (χ4v) is 2.09. The number of phenols is 1. The number of ether oxygens (including phenoxy) is 1. The monoisotopic (exact) mass is 364 g/mol. The molecule has 0 aliphatic rings. The van der Waals surface area contributed by atoms with Crippen LogP contribution < -0.4 is 15.7 Å². The van der Waals surface area contributed by atoms with Crippen LogP contribution in [0.5, 0.6) is 11.5 Å². The number of nitrogens with zero attached hydrogens (tertiary/aromatic N) is 4. The fourth-order valence-electron chi connectivity index (χ4n) is 2.09. The number of para-hydroxylation sites is 1. The van der Waals surface area contributed by atoms with Crippen molar-refractivity contribution in [3.8, 4) is 11.5 Å². The number of methoxy groups -OCH3 is 1. The molecule has 3 rings (SSSR count). The lowest BCUT2D eigenvalue weighted by Gasteiger charge is -2.06. The number of hydrogen-bond donors (Lipinski definition) is 3. The minimum Gasteiger partial charge on any atom is -0.507 e. The van der Waals surface area contributed by atoms with Crippen LogP contribution in [0.15, 0.2) is 80.9 Å². The van der Waals surface area contributed by atoms with Crippen molar-refractivity contribution in [2.24, 2.45) is 15.3 Å². The van der Waals surface area contributed by atoms with Gasteiger partial charge < -0.3 is 9.84 Å². The lowest BCUT2D eigenvalue weighted by Crippen LogP contribution is -2.04. The summed E-state index contributed by atoms with van der Waals surface area (Å²) in [6, 6.07) is 14.9. The number of azo groups is 1. The average Bonchev–Trinajstić information content (AvgIpc) is 2.69. The van der Waals surface area contributed by atoms with Crippen LogP contribution in [0.2, 0.25) is 0 Å². The van der Waals surface area contributed by atoms with Crippen molar-refractivity contribution in [1.29, 1.82) is 0 Å². The van der Waals surface area contributed by atoms with Gasteiger partial charge in [0, 0.05) is 12.3 Å². The molecule has 0 bridgehead atoms. The summed E-state index contributed by atoms with van der Waals surface area (Å²) in [5.41, 5.74) is 3.54. The van der Waals surface area contributed by atoms with E-state index in [1.54, 1.807) is 49.6 Å². The predicted molar refractivity (Wildman–Crippen MR) is 101 cm³/mol. The molecule has 9 nitrogen and oxygen atoms in total. The standard InChI is InChI=1S/C18H16N6O3/c1-27-13-8-6-12(7-9-13)21-22-17(14-4-2-3-5-15(14)25)23-24-18-19-11-10-16(26)20-18/h2-11,21,25H,1H3,(H,19,20,26)/b22-17+,24-23?. The van der Waals surface area contributed by atoms with Gasteiger partial charge in [0.1, 0.15) is 11.5 Å². The van der Waals surface area contributed by atoms with E-state index in [1.165, 1.54) is 18.3 Å². The second-order valence-corrected chi connectivity index (χ2v) is 5.25. The summed E-state index contributed by atoms with van der Waals surface area (Å²) in [5.74, 6) is 0.830. The normalized spacial score (nSPS) is 11.5. The number of anilines is 1. The highest BCUT2D eigenvalue weighted by molar-refractivity contribution is 6.01. The lowest BCUT2D eigenvalue weighted by atomic mass is 10.2. The number of aromatic hydroxyl groups is 1. The van der Waals surface area contributed by atoms with E-state index in [9.17, 15) is 9.90 Å². The van der Waals surface area contributed by atoms with Gasteiger partial charge in [0.15, 0.2) is 0 Å². The van der Waals surface area contributed by atoms with Gasteiger partial charge in [-0.3, -0.25) is 15.2 Å². The molecule has 9 heteroatoms. The number of rotatable bonds is 5. The van der Waals surface area contributed by atoms with Crippen LogP contribution in [-0.2, 0) is 0 Å². The van der Waals surface area contributed by atoms with E-state index in [2.05, 4.69) is 30.7 Å². The van der Waals surface area contributed by atoms with Gasteiger partial charge >= 0.3 is 0 Å². The molecule has 1 heterocycles. The van der Waals surface area contributed by atoms with Gasteiger partial charge in [-0.15, -0.1) is 10.2 Å². The van der Waals surface area contributed by atoms with Crippen molar-refractivity contribution in [2.75, 3.05) is 12.5 Å². The molecule has 0 aliphatic heterocycles. The molecule has 0 fully saturated rings. The van der Waals surface area contributed by atoms with E-state index in [1.807, 2.05) is 0 Å². The molecule has 0 aliphatic carbocycles. The quantitative estimate of drug-likeness (QED) is 0.278. The summed E-state index contributed by atoms with van der Waals surface area (Å²) in [6.45, 7) is 0. The molecule has 1 aromatic heterocycles. The van der Waals surface area contributed by atoms with Crippen LogP contribution in [0, 0.1) is 0 Å². The van der Waals surface area contributed by atoms with E-state index in [-0.39, 0.29) is 23.1 Å². The molecule has 0 spiro atoms. The zero-order chi connectivity index (χ0) is 19.1. The Morgan fingerprint density at radius 2 is 1.93 bits per heavy atom. The second kappa shape index (κ2) is 8.39. The topological polar surface area (TPSA) is 124 Å². The van der Waals surface area contributed by atoms with Crippen molar-refractivity contribution in [1.82, 2.24) is 9.97 Å². The Morgan fingerprint density at radius 1 is 1.15 bits per heavy atom. The van der Waals surface area contributed by atoms with E-state index in [4.69, 9.17) is 4.74 Å². The maximum atomic E-state index is 11.3. The number of hydrazone groups is 1. The molecule has 0 unspecified atom stereocenters. The number of hydrogen-bond acceptors (Lipinski definition) is 7. The Morgan fingerprint density at radius 3 is 2.63 bits per heavy atom. The maximum absolute atomic E-state index is 11.3. The smallest absolute Gasteiger partial charge is 0.252 e. The number of phenolic OH excluding ortho intramolecular Hbond substituents is 1. The van der Waals surface area contributed by atoms with Gasteiger partial charge in [0.05, 0.1) is 18.4 Å².